The van der Waals surface area contributed by atoms with Crippen LogP contribution in [0.15, 0.2) is 47.6 Å². The topological polar surface area (TPSA) is 85.2 Å². The SMILES string of the molecule is Cc1cccc(C)c1-n1nnnc1S[C@H](C)C(=O)Nc1ccc(N2CCOCC2)cc1. The molecule has 0 spiro atoms. The monoisotopic (exact) mass is 438 g/mol. The summed E-state index contributed by atoms with van der Waals surface area (Å²) in [6.45, 7) is 9.16. The van der Waals surface area contributed by atoms with Gasteiger partial charge in [0.25, 0.3) is 0 Å². The van der Waals surface area contributed by atoms with E-state index in [4.69, 9.17) is 4.74 Å². The first-order valence-electron chi connectivity index (χ1n) is 10.3. The van der Waals surface area contributed by atoms with Crippen molar-refractivity contribution in [3.63, 3.8) is 0 Å². The molecule has 1 fully saturated rings. The summed E-state index contributed by atoms with van der Waals surface area (Å²) in [7, 11) is 0. The van der Waals surface area contributed by atoms with Gasteiger partial charge >= 0.3 is 0 Å². The fourth-order valence-corrected chi connectivity index (χ4v) is 4.36. The average molecular weight is 439 g/mol. The molecule has 1 aliphatic heterocycles. The molecule has 162 valence electrons. The van der Waals surface area contributed by atoms with Gasteiger partial charge in [-0.15, -0.1) is 5.10 Å². The number of carbonyl (C=O) groups is 1. The number of hydrogen-bond donors (Lipinski definition) is 1. The van der Waals surface area contributed by atoms with Crippen molar-refractivity contribution in [1.29, 1.82) is 0 Å². The number of aryl methyl sites for hydroxylation is 2. The maximum Gasteiger partial charge on any atom is 0.237 e. The Morgan fingerprint density at radius 3 is 2.45 bits per heavy atom. The maximum absolute atomic E-state index is 12.8. The highest BCUT2D eigenvalue weighted by atomic mass is 32.2. The fraction of sp³-hybridized carbons (Fsp3) is 0.364. The van der Waals surface area contributed by atoms with Crippen molar-refractivity contribution in [2.24, 2.45) is 0 Å². The van der Waals surface area contributed by atoms with Crippen LogP contribution in [0.1, 0.15) is 18.1 Å². The van der Waals surface area contributed by atoms with Gasteiger partial charge in [0.2, 0.25) is 11.1 Å². The number of para-hydroxylation sites is 1. The summed E-state index contributed by atoms with van der Waals surface area (Å²) in [5, 5.41) is 15.3. The predicted molar refractivity (Wildman–Crippen MR) is 122 cm³/mol. The molecule has 0 saturated carbocycles. The highest BCUT2D eigenvalue weighted by Crippen LogP contribution is 2.27. The summed E-state index contributed by atoms with van der Waals surface area (Å²) < 4.78 is 7.10. The number of nitrogens with zero attached hydrogens (tertiary/aromatic N) is 5. The van der Waals surface area contributed by atoms with E-state index in [2.05, 4.69) is 25.7 Å². The van der Waals surface area contributed by atoms with Crippen LogP contribution in [0.2, 0.25) is 0 Å². The molecule has 0 aliphatic carbocycles. The number of morpholine rings is 1. The van der Waals surface area contributed by atoms with Crippen LogP contribution in [0.25, 0.3) is 5.69 Å². The molecule has 1 atom stereocenters. The lowest BCUT2D eigenvalue weighted by Gasteiger charge is -2.28. The van der Waals surface area contributed by atoms with Gasteiger partial charge in [-0.05, 0) is 66.6 Å². The van der Waals surface area contributed by atoms with Crippen molar-refractivity contribution >= 4 is 29.0 Å². The molecule has 3 aromatic rings. The van der Waals surface area contributed by atoms with E-state index >= 15 is 0 Å². The Balaban J connectivity index is 1.41. The zero-order valence-electron chi connectivity index (χ0n) is 17.9. The number of carbonyl (C=O) groups excluding carboxylic acids is 1. The Morgan fingerprint density at radius 2 is 1.77 bits per heavy atom. The number of rotatable bonds is 6. The van der Waals surface area contributed by atoms with Crippen molar-refractivity contribution in [3.8, 4) is 5.69 Å². The average Bonchev–Trinajstić information content (AvgIpc) is 3.22. The molecule has 0 unspecified atom stereocenters. The van der Waals surface area contributed by atoms with Crippen molar-refractivity contribution < 1.29 is 9.53 Å². The second-order valence-corrected chi connectivity index (χ2v) is 8.82. The normalized spacial score (nSPS) is 15.0. The van der Waals surface area contributed by atoms with Gasteiger partial charge in [-0.1, -0.05) is 30.0 Å². The highest BCUT2D eigenvalue weighted by molar-refractivity contribution is 8.00. The van der Waals surface area contributed by atoms with Crippen LogP contribution in [0.3, 0.4) is 0 Å². The molecule has 0 bridgehead atoms. The molecule has 9 heteroatoms. The van der Waals surface area contributed by atoms with E-state index in [-0.39, 0.29) is 11.2 Å². The van der Waals surface area contributed by atoms with Crippen LogP contribution >= 0.6 is 11.8 Å². The summed E-state index contributed by atoms with van der Waals surface area (Å²) in [6, 6.07) is 14.0. The van der Waals surface area contributed by atoms with E-state index in [1.165, 1.54) is 11.8 Å². The molecular weight excluding hydrogens is 412 g/mol. The molecule has 8 nitrogen and oxygen atoms in total. The highest BCUT2D eigenvalue weighted by Gasteiger charge is 2.21. The number of amides is 1. The minimum Gasteiger partial charge on any atom is -0.378 e. The van der Waals surface area contributed by atoms with E-state index in [9.17, 15) is 4.79 Å². The molecule has 1 N–H and O–H groups in total. The Hall–Kier alpha value is -2.91. The number of benzene rings is 2. The lowest BCUT2D eigenvalue weighted by atomic mass is 10.1. The van der Waals surface area contributed by atoms with Crippen molar-refractivity contribution in [2.45, 2.75) is 31.2 Å². The lowest BCUT2D eigenvalue weighted by molar-refractivity contribution is -0.115. The minimum absolute atomic E-state index is 0.0971. The minimum atomic E-state index is -0.368. The van der Waals surface area contributed by atoms with Crippen LogP contribution in [0, 0.1) is 13.8 Å². The second kappa shape index (κ2) is 9.49. The fourth-order valence-electron chi connectivity index (χ4n) is 3.57. The Kier molecular flexibility index (Phi) is 6.53. The summed E-state index contributed by atoms with van der Waals surface area (Å²) in [4.78, 5) is 15.0. The van der Waals surface area contributed by atoms with Gasteiger partial charge in [0.1, 0.15) is 0 Å². The molecule has 1 aromatic heterocycles. The van der Waals surface area contributed by atoms with E-state index in [1.54, 1.807) is 4.68 Å². The molecule has 2 aromatic carbocycles. The van der Waals surface area contributed by atoms with Gasteiger partial charge in [-0.25, -0.2) is 0 Å². The van der Waals surface area contributed by atoms with Crippen molar-refractivity contribution in [3.05, 3.63) is 53.6 Å². The van der Waals surface area contributed by atoms with Crippen LogP contribution in [0.4, 0.5) is 11.4 Å². The van der Waals surface area contributed by atoms with E-state index in [0.29, 0.717) is 5.16 Å². The first-order chi connectivity index (χ1) is 15.0. The first-order valence-corrected chi connectivity index (χ1v) is 11.2. The number of thioether (sulfide) groups is 1. The molecule has 1 amide bonds. The first kappa shape index (κ1) is 21.3. The maximum atomic E-state index is 12.8. The Labute approximate surface area is 186 Å². The second-order valence-electron chi connectivity index (χ2n) is 7.51. The smallest absolute Gasteiger partial charge is 0.237 e. The van der Waals surface area contributed by atoms with Crippen LogP contribution in [-0.4, -0.2) is 57.7 Å². The van der Waals surface area contributed by atoms with Gasteiger partial charge in [0.05, 0.1) is 24.2 Å². The zero-order valence-corrected chi connectivity index (χ0v) is 18.7. The summed E-state index contributed by atoms with van der Waals surface area (Å²) >= 11 is 1.34. The number of tetrazole rings is 1. The van der Waals surface area contributed by atoms with Gasteiger partial charge in [0.15, 0.2) is 0 Å². The van der Waals surface area contributed by atoms with Gasteiger partial charge in [0, 0.05) is 24.5 Å². The van der Waals surface area contributed by atoms with Crippen molar-refractivity contribution in [1.82, 2.24) is 20.2 Å². The third-order valence-electron chi connectivity index (χ3n) is 5.25. The van der Waals surface area contributed by atoms with E-state index in [1.807, 2.05) is 63.2 Å². The van der Waals surface area contributed by atoms with Crippen LogP contribution in [0.5, 0.6) is 0 Å². The largest absolute Gasteiger partial charge is 0.378 e. The standard InChI is InChI=1S/C22H26N6O2S/c1-15-5-4-6-16(2)20(15)28-22(24-25-26-28)31-17(3)21(29)23-18-7-9-19(10-8-18)27-11-13-30-14-12-27/h4-10,17H,11-14H2,1-3H3,(H,23,29)/t17-/m1/s1. The number of hydrogen-bond acceptors (Lipinski definition) is 7. The molecule has 1 aliphatic rings. The number of nitrogens with one attached hydrogen (secondary N) is 1. The Bertz CT molecular complexity index is 1030. The quantitative estimate of drug-likeness (QED) is 0.592. The zero-order chi connectivity index (χ0) is 21.8. The number of ether oxygens (including phenoxy) is 1. The van der Waals surface area contributed by atoms with Crippen LogP contribution in [-0.2, 0) is 9.53 Å². The predicted octanol–water partition coefficient (Wildman–Crippen LogP) is 3.24. The van der Waals surface area contributed by atoms with Crippen LogP contribution < -0.4 is 10.2 Å². The van der Waals surface area contributed by atoms with Gasteiger partial charge in [-0.2, -0.15) is 4.68 Å². The summed E-state index contributed by atoms with van der Waals surface area (Å²) in [5.74, 6) is -0.0971. The third kappa shape index (κ3) is 4.88. The summed E-state index contributed by atoms with van der Waals surface area (Å²) in [5.41, 5.74) is 5.00. The molecule has 4 rings (SSSR count). The Morgan fingerprint density at radius 1 is 1.10 bits per heavy atom. The lowest BCUT2D eigenvalue weighted by Crippen LogP contribution is -2.36. The molecule has 1 saturated heterocycles. The third-order valence-corrected chi connectivity index (χ3v) is 6.29. The molecular formula is C22H26N6O2S. The number of aromatic nitrogens is 4. The van der Waals surface area contributed by atoms with Crippen molar-refractivity contribution in [2.75, 3.05) is 36.5 Å². The molecule has 0 radical (unpaired) electrons. The van der Waals surface area contributed by atoms with E-state index in [0.717, 1.165) is 54.5 Å². The number of anilines is 2. The van der Waals surface area contributed by atoms with E-state index < -0.39 is 0 Å². The van der Waals surface area contributed by atoms with Gasteiger partial charge < -0.3 is 15.0 Å². The molecule has 31 heavy (non-hydrogen) atoms. The van der Waals surface area contributed by atoms with Gasteiger partial charge in [-0.3, -0.25) is 4.79 Å². The molecule has 2 heterocycles. The summed E-state index contributed by atoms with van der Waals surface area (Å²) in [6.07, 6.45) is 0.